The van der Waals surface area contributed by atoms with Gasteiger partial charge in [0.15, 0.2) is 0 Å². The first-order valence-corrected chi connectivity index (χ1v) is 10.7. The molecule has 1 atom stereocenters. The summed E-state index contributed by atoms with van der Waals surface area (Å²) in [6, 6.07) is 8.47. The van der Waals surface area contributed by atoms with Gasteiger partial charge in [0.1, 0.15) is 11.7 Å². The first-order valence-electron chi connectivity index (χ1n) is 10.7. The van der Waals surface area contributed by atoms with Gasteiger partial charge in [-0.1, -0.05) is 11.3 Å². The largest absolute Gasteiger partial charge is 0.475 e. The van der Waals surface area contributed by atoms with Gasteiger partial charge in [0.2, 0.25) is 17.7 Å². The second-order valence-corrected chi connectivity index (χ2v) is 8.34. The molecule has 1 saturated heterocycles. The van der Waals surface area contributed by atoms with E-state index in [-0.39, 0.29) is 24.3 Å². The van der Waals surface area contributed by atoms with Crippen LogP contribution in [0.1, 0.15) is 42.6 Å². The third-order valence-electron chi connectivity index (χ3n) is 5.66. The maximum atomic E-state index is 13.0. The number of carbonyl (C=O) groups excluding carboxylic acids is 3. The molecule has 4 heterocycles. The molecule has 1 N–H and O–H groups in total. The molecule has 10 nitrogen and oxygen atoms in total. The molecule has 2 aliphatic heterocycles. The number of pyridine rings is 1. The highest BCUT2D eigenvalue weighted by Crippen LogP contribution is 2.29. The minimum atomic E-state index is -0.640. The van der Waals surface area contributed by atoms with Gasteiger partial charge in [-0.2, -0.15) is 0 Å². The number of carbonyl (C=O) groups is 3. The molecule has 0 aliphatic carbocycles. The van der Waals surface area contributed by atoms with Crippen LogP contribution in [-0.4, -0.2) is 54.7 Å². The van der Waals surface area contributed by atoms with Gasteiger partial charge in [-0.3, -0.25) is 19.7 Å². The SMILES string of the molecule is CC(C)Oc1ccc(-c2cn(-c3ccc4c(c3)C(=O)N(C3CCC(=O)NC3=O)C4)nn2)cn1. The van der Waals surface area contributed by atoms with Gasteiger partial charge in [0, 0.05) is 36.4 Å². The van der Waals surface area contributed by atoms with Crippen LogP contribution in [0.3, 0.4) is 0 Å². The average molecular weight is 446 g/mol. The fraction of sp³-hybridized carbons (Fsp3) is 0.304. The summed E-state index contributed by atoms with van der Waals surface area (Å²) in [5.41, 5.74) is 3.46. The van der Waals surface area contributed by atoms with Crippen molar-refractivity contribution in [3.05, 3.63) is 53.9 Å². The van der Waals surface area contributed by atoms with Gasteiger partial charge in [-0.15, -0.1) is 5.10 Å². The first-order chi connectivity index (χ1) is 15.9. The number of aromatic nitrogens is 4. The summed E-state index contributed by atoms with van der Waals surface area (Å²) in [6.45, 7) is 4.21. The number of hydrogen-bond donors (Lipinski definition) is 1. The summed E-state index contributed by atoms with van der Waals surface area (Å²) in [7, 11) is 0. The number of hydrogen-bond acceptors (Lipinski definition) is 7. The fourth-order valence-corrected chi connectivity index (χ4v) is 4.05. The lowest BCUT2D eigenvalue weighted by molar-refractivity contribution is -0.136. The van der Waals surface area contributed by atoms with Crippen molar-refractivity contribution in [1.29, 1.82) is 0 Å². The van der Waals surface area contributed by atoms with E-state index in [0.29, 0.717) is 35.8 Å². The fourth-order valence-electron chi connectivity index (χ4n) is 4.05. The van der Waals surface area contributed by atoms with E-state index in [1.165, 1.54) is 4.90 Å². The van der Waals surface area contributed by atoms with Crippen LogP contribution in [0.25, 0.3) is 16.9 Å². The van der Waals surface area contributed by atoms with E-state index in [9.17, 15) is 14.4 Å². The summed E-state index contributed by atoms with van der Waals surface area (Å²) in [4.78, 5) is 42.5. The molecule has 1 fully saturated rings. The number of piperidine rings is 1. The quantitative estimate of drug-likeness (QED) is 0.594. The van der Waals surface area contributed by atoms with Crippen molar-refractivity contribution in [2.45, 2.75) is 45.4 Å². The van der Waals surface area contributed by atoms with Crippen LogP contribution in [-0.2, 0) is 16.1 Å². The van der Waals surface area contributed by atoms with Crippen molar-refractivity contribution in [3.8, 4) is 22.8 Å². The number of amides is 3. The molecule has 0 saturated carbocycles. The molecule has 0 bridgehead atoms. The van der Waals surface area contributed by atoms with E-state index in [1.807, 2.05) is 32.0 Å². The molecule has 1 aromatic carbocycles. The lowest BCUT2D eigenvalue weighted by atomic mass is 10.0. The van der Waals surface area contributed by atoms with E-state index < -0.39 is 11.9 Å². The number of fused-ring (bicyclic) bond motifs is 1. The second kappa shape index (κ2) is 8.12. The zero-order chi connectivity index (χ0) is 23.1. The summed E-state index contributed by atoms with van der Waals surface area (Å²) >= 11 is 0. The zero-order valence-corrected chi connectivity index (χ0v) is 18.2. The van der Waals surface area contributed by atoms with Crippen LogP contribution in [0.5, 0.6) is 5.88 Å². The van der Waals surface area contributed by atoms with E-state index in [0.717, 1.165) is 11.1 Å². The first kappa shape index (κ1) is 20.8. The molecule has 0 radical (unpaired) electrons. The average Bonchev–Trinajstić information content (AvgIpc) is 3.39. The maximum Gasteiger partial charge on any atom is 0.255 e. The Morgan fingerprint density at radius 3 is 2.73 bits per heavy atom. The summed E-state index contributed by atoms with van der Waals surface area (Å²) < 4.78 is 7.16. The zero-order valence-electron chi connectivity index (χ0n) is 18.2. The Labute approximate surface area is 189 Å². The number of nitrogens with zero attached hydrogens (tertiary/aromatic N) is 5. The highest BCUT2D eigenvalue weighted by atomic mass is 16.5. The van der Waals surface area contributed by atoms with Crippen molar-refractivity contribution < 1.29 is 19.1 Å². The Morgan fingerprint density at radius 1 is 1.15 bits per heavy atom. The van der Waals surface area contributed by atoms with Crippen molar-refractivity contribution >= 4 is 17.7 Å². The molecule has 168 valence electrons. The molecule has 2 aromatic heterocycles. The summed E-state index contributed by atoms with van der Waals surface area (Å²) in [6.07, 6.45) is 4.04. The van der Waals surface area contributed by atoms with E-state index in [2.05, 4.69) is 20.6 Å². The molecule has 0 spiro atoms. The molecule has 3 aromatic rings. The molecule has 1 unspecified atom stereocenters. The molecular formula is C23H22N6O4. The van der Waals surface area contributed by atoms with Crippen LogP contribution in [0.2, 0.25) is 0 Å². The highest BCUT2D eigenvalue weighted by Gasteiger charge is 2.39. The maximum absolute atomic E-state index is 13.0. The minimum absolute atomic E-state index is 0.0395. The van der Waals surface area contributed by atoms with Crippen molar-refractivity contribution in [3.63, 3.8) is 0 Å². The Kier molecular flexibility index (Phi) is 5.12. The number of imide groups is 1. The minimum Gasteiger partial charge on any atom is -0.475 e. The predicted molar refractivity (Wildman–Crippen MR) is 116 cm³/mol. The second-order valence-electron chi connectivity index (χ2n) is 8.34. The number of ether oxygens (including phenoxy) is 1. The van der Waals surface area contributed by atoms with Gasteiger partial charge in [0.25, 0.3) is 5.91 Å². The Bertz CT molecular complexity index is 1250. The lowest BCUT2D eigenvalue weighted by Crippen LogP contribution is -2.52. The van der Waals surface area contributed by atoms with E-state index in [4.69, 9.17) is 4.74 Å². The number of rotatable bonds is 5. The molecule has 10 heteroatoms. The Morgan fingerprint density at radius 2 is 2.00 bits per heavy atom. The van der Waals surface area contributed by atoms with Gasteiger partial charge in [-0.25, -0.2) is 9.67 Å². The summed E-state index contributed by atoms with van der Waals surface area (Å²) in [5.74, 6) is -0.417. The van der Waals surface area contributed by atoms with Crippen LogP contribution >= 0.6 is 0 Å². The number of nitrogens with one attached hydrogen (secondary N) is 1. The molecule has 2 aliphatic rings. The molecular weight excluding hydrogens is 424 g/mol. The predicted octanol–water partition coefficient (Wildman–Crippen LogP) is 1.88. The van der Waals surface area contributed by atoms with Crippen LogP contribution in [0.15, 0.2) is 42.7 Å². The van der Waals surface area contributed by atoms with E-state index in [1.54, 1.807) is 29.2 Å². The monoisotopic (exact) mass is 446 g/mol. The van der Waals surface area contributed by atoms with Gasteiger partial charge in [0.05, 0.1) is 18.0 Å². The van der Waals surface area contributed by atoms with Gasteiger partial charge < -0.3 is 9.64 Å². The standard InChI is InChI=1S/C23H22N6O4/c1-13(2)33-21-8-4-14(10-24-21)18-12-29(27-26-18)16-5-3-15-11-28(23(32)17(15)9-16)19-6-7-20(30)25-22(19)31/h3-5,8-10,12-13,19H,6-7,11H2,1-2H3,(H,25,30,31). The smallest absolute Gasteiger partial charge is 0.255 e. The van der Waals surface area contributed by atoms with Crippen molar-refractivity contribution in [1.82, 2.24) is 30.2 Å². The Balaban J connectivity index is 1.36. The third-order valence-corrected chi connectivity index (χ3v) is 5.66. The Hall–Kier alpha value is -4.08. The summed E-state index contributed by atoms with van der Waals surface area (Å²) in [5, 5.41) is 10.7. The van der Waals surface area contributed by atoms with Crippen molar-refractivity contribution in [2.24, 2.45) is 0 Å². The topological polar surface area (TPSA) is 119 Å². The van der Waals surface area contributed by atoms with Gasteiger partial charge >= 0.3 is 0 Å². The molecule has 33 heavy (non-hydrogen) atoms. The normalized spacial score (nSPS) is 18.0. The molecule has 5 rings (SSSR count). The van der Waals surface area contributed by atoms with Crippen LogP contribution < -0.4 is 10.1 Å². The van der Waals surface area contributed by atoms with E-state index >= 15 is 0 Å². The molecule has 3 amide bonds. The lowest BCUT2D eigenvalue weighted by Gasteiger charge is -2.29. The highest BCUT2D eigenvalue weighted by molar-refractivity contribution is 6.05. The van der Waals surface area contributed by atoms with Gasteiger partial charge in [-0.05, 0) is 44.0 Å². The third kappa shape index (κ3) is 3.95. The van der Waals surface area contributed by atoms with Crippen LogP contribution in [0, 0.1) is 0 Å². The van der Waals surface area contributed by atoms with Crippen molar-refractivity contribution in [2.75, 3.05) is 0 Å². The van der Waals surface area contributed by atoms with Crippen LogP contribution in [0.4, 0.5) is 0 Å². The number of benzene rings is 1.